The van der Waals surface area contributed by atoms with Crippen molar-refractivity contribution in [3.8, 4) is 0 Å². The predicted molar refractivity (Wildman–Crippen MR) is 320 cm³/mol. The second-order valence-corrected chi connectivity index (χ2v) is 20.2. The van der Waals surface area contributed by atoms with E-state index < -0.39 is 6.10 Å². The summed E-state index contributed by atoms with van der Waals surface area (Å²) in [6.07, 6.45) is 83.6. The minimum atomic E-state index is -0.795. The van der Waals surface area contributed by atoms with Crippen LogP contribution in [0.3, 0.4) is 0 Å². The highest BCUT2D eigenvalue weighted by atomic mass is 16.6. The van der Waals surface area contributed by atoms with Crippen molar-refractivity contribution in [2.24, 2.45) is 0 Å². The molecule has 1 atom stereocenters. The van der Waals surface area contributed by atoms with E-state index in [4.69, 9.17) is 14.2 Å². The van der Waals surface area contributed by atoms with Crippen LogP contribution in [0, 0.1) is 0 Å². The van der Waals surface area contributed by atoms with Crippen LogP contribution >= 0.6 is 0 Å². The number of carbonyl (C=O) groups excluding carboxylic acids is 3. The molecule has 0 aromatic heterocycles. The van der Waals surface area contributed by atoms with E-state index in [-0.39, 0.29) is 31.1 Å². The molecule has 0 N–H and O–H groups in total. The zero-order valence-corrected chi connectivity index (χ0v) is 48.3. The van der Waals surface area contributed by atoms with Crippen LogP contribution in [-0.4, -0.2) is 37.2 Å². The van der Waals surface area contributed by atoms with Gasteiger partial charge in [-0.3, -0.25) is 14.4 Å². The Morgan fingerprint density at radius 1 is 0.284 bits per heavy atom. The summed E-state index contributed by atoms with van der Waals surface area (Å²) >= 11 is 0. The maximum atomic E-state index is 12.9. The second kappa shape index (κ2) is 61.6. The molecule has 6 heteroatoms. The van der Waals surface area contributed by atoms with Crippen molar-refractivity contribution >= 4 is 17.9 Å². The Kier molecular flexibility index (Phi) is 58.3. The molecule has 422 valence electrons. The lowest BCUT2D eigenvalue weighted by Gasteiger charge is -2.18. The quantitative estimate of drug-likeness (QED) is 0.0261. The summed E-state index contributed by atoms with van der Waals surface area (Å²) in [6.45, 7) is 6.48. The number of allylic oxidation sites excluding steroid dienone is 18. The van der Waals surface area contributed by atoms with Gasteiger partial charge in [0, 0.05) is 19.3 Å². The maximum absolute atomic E-state index is 12.9. The van der Waals surface area contributed by atoms with E-state index in [2.05, 4.69) is 130 Å². The largest absolute Gasteiger partial charge is 0.462 e. The molecule has 0 spiro atoms. The van der Waals surface area contributed by atoms with Gasteiger partial charge in [0.15, 0.2) is 6.10 Å². The number of esters is 3. The van der Waals surface area contributed by atoms with Gasteiger partial charge < -0.3 is 14.2 Å². The molecule has 0 aromatic carbocycles. The summed E-state index contributed by atoms with van der Waals surface area (Å²) in [5.41, 5.74) is 0. The monoisotopic (exact) mass is 1030 g/mol. The molecule has 0 saturated carbocycles. The van der Waals surface area contributed by atoms with Crippen LogP contribution in [-0.2, 0) is 28.6 Å². The van der Waals surface area contributed by atoms with Crippen LogP contribution in [0.2, 0.25) is 0 Å². The van der Waals surface area contributed by atoms with E-state index in [0.717, 1.165) is 128 Å². The summed E-state index contributed by atoms with van der Waals surface area (Å²) in [6, 6.07) is 0. The molecule has 1 unspecified atom stereocenters. The van der Waals surface area contributed by atoms with Crippen LogP contribution in [0.25, 0.3) is 0 Å². The molecule has 0 saturated heterocycles. The first-order valence-electron chi connectivity index (χ1n) is 30.9. The molecule has 0 heterocycles. The standard InChI is InChI=1S/C68H114O6/c1-4-7-10-13-16-19-22-25-27-29-31-32-33-34-35-36-37-39-40-43-46-49-52-55-58-61-67(70)73-64-65(63-72-66(69)60-57-54-51-48-45-42-24-21-18-15-12-9-6-3)74-68(71)62-59-56-53-50-47-44-41-38-30-28-26-23-20-17-14-11-8-5-2/h7,10,16,19-21,23-25,27-28,30-32,34-35,37,39,65H,4-6,8-9,11-15,17-18,22,26,29,33,36,38,40-64H2,1-3H3/b10-7-,19-16-,23-20-,24-21-,27-25-,30-28-,32-31-,35-34-,39-37-. The molecular formula is C68H114O6. The Morgan fingerprint density at radius 2 is 0.527 bits per heavy atom. The molecule has 0 bridgehead atoms. The van der Waals surface area contributed by atoms with Gasteiger partial charge in [0.2, 0.25) is 0 Å². The van der Waals surface area contributed by atoms with Crippen molar-refractivity contribution in [3.63, 3.8) is 0 Å². The van der Waals surface area contributed by atoms with Gasteiger partial charge in [-0.25, -0.2) is 0 Å². The minimum Gasteiger partial charge on any atom is -0.462 e. The number of unbranched alkanes of at least 4 members (excludes halogenated alkanes) is 26. The van der Waals surface area contributed by atoms with Crippen molar-refractivity contribution in [1.29, 1.82) is 0 Å². The molecule has 0 aromatic rings. The molecule has 0 radical (unpaired) electrons. The first-order valence-corrected chi connectivity index (χ1v) is 30.9. The van der Waals surface area contributed by atoms with E-state index in [1.165, 1.54) is 116 Å². The smallest absolute Gasteiger partial charge is 0.306 e. The number of carbonyl (C=O) groups is 3. The van der Waals surface area contributed by atoms with Gasteiger partial charge >= 0.3 is 17.9 Å². The van der Waals surface area contributed by atoms with Gasteiger partial charge in [-0.15, -0.1) is 0 Å². The van der Waals surface area contributed by atoms with E-state index in [1.54, 1.807) is 0 Å². The summed E-state index contributed by atoms with van der Waals surface area (Å²) in [7, 11) is 0. The third-order valence-electron chi connectivity index (χ3n) is 13.0. The molecule has 0 aliphatic rings. The Balaban J connectivity index is 4.40. The Morgan fingerprint density at radius 3 is 0.838 bits per heavy atom. The third-order valence-corrected chi connectivity index (χ3v) is 13.0. The molecule has 74 heavy (non-hydrogen) atoms. The molecule has 0 amide bonds. The molecule has 6 nitrogen and oxygen atoms in total. The van der Waals surface area contributed by atoms with Gasteiger partial charge in [-0.05, 0) is 128 Å². The Bertz CT molecular complexity index is 1510. The minimum absolute atomic E-state index is 0.0911. The van der Waals surface area contributed by atoms with Crippen LogP contribution < -0.4 is 0 Å². The van der Waals surface area contributed by atoms with Crippen molar-refractivity contribution in [3.05, 3.63) is 109 Å². The molecule has 0 aliphatic heterocycles. The van der Waals surface area contributed by atoms with Gasteiger partial charge in [-0.1, -0.05) is 246 Å². The van der Waals surface area contributed by atoms with Crippen molar-refractivity contribution in [2.75, 3.05) is 13.2 Å². The zero-order valence-electron chi connectivity index (χ0n) is 48.3. The summed E-state index contributed by atoms with van der Waals surface area (Å²) < 4.78 is 16.9. The average molecular weight is 1030 g/mol. The predicted octanol–water partition coefficient (Wildman–Crippen LogP) is 21.0. The fourth-order valence-electron chi connectivity index (χ4n) is 8.35. The molecule has 0 aliphatic carbocycles. The summed E-state index contributed by atoms with van der Waals surface area (Å²) in [5, 5.41) is 0. The van der Waals surface area contributed by atoms with E-state index in [0.29, 0.717) is 19.3 Å². The lowest BCUT2D eigenvalue weighted by atomic mass is 10.1. The topological polar surface area (TPSA) is 78.9 Å². The van der Waals surface area contributed by atoms with Gasteiger partial charge in [0.25, 0.3) is 0 Å². The van der Waals surface area contributed by atoms with E-state index in [1.807, 2.05) is 0 Å². The fraction of sp³-hybridized carbons (Fsp3) is 0.691. The van der Waals surface area contributed by atoms with Crippen LogP contribution in [0.1, 0.15) is 284 Å². The molecule has 0 rings (SSSR count). The lowest BCUT2D eigenvalue weighted by Crippen LogP contribution is -2.30. The second-order valence-electron chi connectivity index (χ2n) is 20.2. The number of hydrogen-bond donors (Lipinski definition) is 0. The third kappa shape index (κ3) is 59.0. The van der Waals surface area contributed by atoms with Crippen molar-refractivity contribution < 1.29 is 28.6 Å². The summed E-state index contributed by atoms with van der Waals surface area (Å²) in [5.74, 6) is -0.918. The van der Waals surface area contributed by atoms with Gasteiger partial charge in [0.05, 0.1) is 0 Å². The van der Waals surface area contributed by atoms with E-state index >= 15 is 0 Å². The highest BCUT2D eigenvalue weighted by Gasteiger charge is 2.19. The molecular weight excluding hydrogens is 913 g/mol. The highest BCUT2D eigenvalue weighted by Crippen LogP contribution is 2.15. The Labute approximate surface area is 457 Å². The molecule has 0 fully saturated rings. The average Bonchev–Trinajstić information content (AvgIpc) is 3.40. The number of ether oxygens (including phenoxy) is 3. The SMILES string of the molecule is CC/C=C\C/C=C\C/C=C\C/C=C\C/C=C\C/C=C\CCCCCCCCC(=O)OCC(COC(=O)CCCCCCC/C=C\CCCCCC)OC(=O)CCCCCCCCC/C=C\C/C=C\CCCCCC. The van der Waals surface area contributed by atoms with Crippen molar-refractivity contribution in [1.82, 2.24) is 0 Å². The number of hydrogen-bond acceptors (Lipinski definition) is 6. The first kappa shape index (κ1) is 70.1. The van der Waals surface area contributed by atoms with E-state index in [9.17, 15) is 14.4 Å². The highest BCUT2D eigenvalue weighted by molar-refractivity contribution is 5.71. The summed E-state index contributed by atoms with van der Waals surface area (Å²) in [4.78, 5) is 38.3. The van der Waals surface area contributed by atoms with Crippen LogP contribution in [0.5, 0.6) is 0 Å². The lowest BCUT2D eigenvalue weighted by molar-refractivity contribution is -0.167. The van der Waals surface area contributed by atoms with Crippen molar-refractivity contribution in [2.45, 2.75) is 290 Å². The fourth-order valence-corrected chi connectivity index (χ4v) is 8.35. The number of rotatable bonds is 55. The maximum Gasteiger partial charge on any atom is 0.306 e. The van der Waals surface area contributed by atoms with Crippen LogP contribution in [0.4, 0.5) is 0 Å². The zero-order chi connectivity index (χ0) is 53.6. The first-order chi connectivity index (χ1) is 36.5. The normalized spacial score (nSPS) is 12.9. The van der Waals surface area contributed by atoms with Crippen LogP contribution in [0.15, 0.2) is 109 Å². The van der Waals surface area contributed by atoms with Gasteiger partial charge in [-0.2, -0.15) is 0 Å². The van der Waals surface area contributed by atoms with Gasteiger partial charge in [0.1, 0.15) is 13.2 Å². The Hall–Kier alpha value is -3.93.